The lowest BCUT2D eigenvalue weighted by atomic mass is 10.1. The minimum absolute atomic E-state index is 0.180. The first-order chi connectivity index (χ1) is 11.6. The van der Waals surface area contributed by atoms with E-state index in [9.17, 15) is 9.59 Å². The molecule has 1 aromatic carbocycles. The Bertz CT molecular complexity index is 766. The summed E-state index contributed by atoms with van der Waals surface area (Å²) in [5, 5.41) is 2.88. The van der Waals surface area contributed by atoms with E-state index in [1.807, 2.05) is 43.3 Å². The fraction of sp³-hybridized carbons (Fsp3) is 0.278. The summed E-state index contributed by atoms with van der Waals surface area (Å²) in [5.41, 5.74) is 1.82. The molecular weight excluding hydrogens is 322 g/mol. The van der Waals surface area contributed by atoms with Crippen molar-refractivity contribution in [3.05, 3.63) is 54.4 Å². The number of fused-ring (bicyclic) bond motifs is 1. The van der Waals surface area contributed by atoms with Crippen molar-refractivity contribution in [3.8, 4) is 0 Å². The van der Waals surface area contributed by atoms with Crippen LogP contribution >= 0.6 is 11.8 Å². The van der Waals surface area contributed by atoms with E-state index >= 15 is 0 Å². The molecule has 2 amide bonds. The number of rotatable bonds is 4. The Morgan fingerprint density at radius 3 is 2.67 bits per heavy atom. The number of para-hydroxylation sites is 1. The highest BCUT2D eigenvalue weighted by atomic mass is 32.2. The topological polar surface area (TPSA) is 62.3 Å². The minimum Gasteiger partial charge on any atom is -0.350 e. The van der Waals surface area contributed by atoms with Gasteiger partial charge < -0.3 is 10.2 Å². The number of pyridine rings is 1. The molecule has 0 spiro atoms. The van der Waals surface area contributed by atoms with Crippen LogP contribution in [0.3, 0.4) is 0 Å². The minimum atomic E-state index is -1.17. The number of anilines is 1. The Labute approximate surface area is 145 Å². The summed E-state index contributed by atoms with van der Waals surface area (Å²) in [5.74, 6) is -0.455. The van der Waals surface area contributed by atoms with E-state index in [4.69, 9.17) is 0 Å². The number of amides is 2. The molecule has 1 atom stereocenters. The molecule has 1 aromatic heterocycles. The summed E-state index contributed by atoms with van der Waals surface area (Å²) >= 11 is 1.31. The normalized spacial score (nSPS) is 19.8. The van der Waals surface area contributed by atoms with E-state index in [1.54, 1.807) is 24.2 Å². The van der Waals surface area contributed by atoms with Crippen molar-refractivity contribution >= 4 is 29.3 Å². The second-order valence-electron chi connectivity index (χ2n) is 5.69. The molecule has 1 N–H and O–H groups in total. The summed E-state index contributed by atoms with van der Waals surface area (Å²) < 4.78 is -1.17. The molecule has 1 aliphatic rings. The number of thioether (sulfide) groups is 1. The molecule has 1 aliphatic heterocycles. The van der Waals surface area contributed by atoms with Gasteiger partial charge in [-0.3, -0.25) is 14.6 Å². The molecular formula is C18H19N3O2S. The van der Waals surface area contributed by atoms with E-state index in [0.717, 1.165) is 16.1 Å². The number of hydrogen-bond donors (Lipinski definition) is 1. The maximum absolute atomic E-state index is 12.9. The zero-order chi connectivity index (χ0) is 17.2. The largest absolute Gasteiger partial charge is 0.350 e. The van der Waals surface area contributed by atoms with Crippen molar-refractivity contribution in [2.24, 2.45) is 0 Å². The molecule has 1 unspecified atom stereocenters. The Kier molecular flexibility index (Phi) is 4.57. The van der Waals surface area contributed by atoms with Gasteiger partial charge in [-0.25, -0.2) is 0 Å². The van der Waals surface area contributed by atoms with Crippen LogP contribution in [0, 0.1) is 0 Å². The predicted molar refractivity (Wildman–Crippen MR) is 94.8 cm³/mol. The van der Waals surface area contributed by atoms with Gasteiger partial charge in [0.15, 0.2) is 4.75 Å². The molecule has 0 saturated carbocycles. The van der Waals surface area contributed by atoms with Crippen molar-refractivity contribution in [2.75, 3.05) is 11.4 Å². The van der Waals surface area contributed by atoms with Crippen LogP contribution in [-0.4, -0.2) is 28.1 Å². The van der Waals surface area contributed by atoms with Crippen LogP contribution in [-0.2, 0) is 16.1 Å². The third-order valence-corrected chi connectivity index (χ3v) is 5.41. The second kappa shape index (κ2) is 6.65. The van der Waals surface area contributed by atoms with Crippen molar-refractivity contribution in [1.29, 1.82) is 0 Å². The average Bonchev–Trinajstić information content (AvgIpc) is 2.61. The Hall–Kier alpha value is -2.34. The van der Waals surface area contributed by atoms with Crippen molar-refractivity contribution in [1.82, 2.24) is 10.3 Å². The number of benzene rings is 1. The molecule has 0 fully saturated rings. The van der Waals surface area contributed by atoms with Gasteiger partial charge >= 0.3 is 0 Å². The zero-order valence-corrected chi connectivity index (χ0v) is 14.5. The molecule has 0 aliphatic carbocycles. The number of carbonyl (C=O) groups is 2. The average molecular weight is 341 g/mol. The molecule has 24 heavy (non-hydrogen) atoms. The number of hydrogen-bond acceptors (Lipinski definition) is 4. The summed E-state index contributed by atoms with van der Waals surface area (Å²) in [6.07, 6.45) is 3.36. The van der Waals surface area contributed by atoms with Crippen molar-refractivity contribution in [2.45, 2.75) is 30.0 Å². The highest BCUT2D eigenvalue weighted by molar-refractivity contribution is 8.02. The first-order valence-electron chi connectivity index (χ1n) is 7.83. The van der Waals surface area contributed by atoms with Gasteiger partial charge in [-0.05, 0) is 43.7 Å². The van der Waals surface area contributed by atoms with Gasteiger partial charge in [-0.1, -0.05) is 23.9 Å². The van der Waals surface area contributed by atoms with Gasteiger partial charge in [0.05, 0.1) is 5.69 Å². The van der Waals surface area contributed by atoms with Crippen molar-refractivity contribution in [3.63, 3.8) is 0 Å². The number of nitrogens with zero attached hydrogens (tertiary/aromatic N) is 2. The maximum atomic E-state index is 12.9. The molecule has 0 radical (unpaired) electrons. The van der Waals surface area contributed by atoms with Crippen LogP contribution in [0.4, 0.5) is 5.69 Å². The standard InChI is InChI=1S/C18H19N3O2S/c1-3-21-14-6-4-5-7-15(14)24-18(2,17(21)23)16(22)20-12-13-8-10-19-11-9-13/h4-11H,3,12H2,1-2H3,(H,20,22). The lowest BCUT2D eigenvalue weighted by Gasteiger charge is -2.38. The van der Waals surface area contributed by atoms with Crippen LogP contribution in [0.1, 0.15) is 19.4 Å². The van der Waals surface area contributed by atoms with Gasteiger partial charge in [-0.15, -0.1) is 0 Å². The fourth-order valence-electron chi connectivity index (χ4n) is 2.71. The third-order valence-electron chi connectivity index (χ3n) is 4.08. The van der Waals surface area contributed by atoms with Crippen LogP contribution in [0.5, 0.6) is 0 Å². The Balaban J connectivity index is 1.83. The summed E-state index contributed by atoms with van der Waals surface area (Å²) in [4.78, 5) is 32.3. The van der Waals surface area contributed by atoms with Gasteiger partial charge in [0, 0.05) is 30.4 Å². The molecule has 2 aromatic rings. The van der Waals surface area contributed by atoms with Gasteiger partial charge in [0.25, 0.3) is 5.91 Å². The van der Waals surface area contributed by atoms with Gasteiger partial charge in [0.2, 0.25) is 5.91 Å². The Morgan fingerprint density at radius 2 is 1.96 bits per heavy atom. The fourth-order valence-corrected chi connectivity index (χ4v) is 3.94. The number of carbonyl (C=O) groups excluding carboxylic acids is 2. The van der Waals surface area contributed by atoms with Gasteiger partial charge in [0.1, 0.15) is 0 Å². The molecule has 0 bridgehead atoms. The van der Waals surface area contributed by atoms with E-state index in [1.165, 1.54) is 11.8 Å². The predicted octanol–water partition coefficient (Wildman–Crippen LogP) is 2.62. The summed E-state index contributed by atoms with van der Waals surface area (Å²) in [6.45, 7) is 4.52. The maximum Gasteiger partial charge on any atom is 0.252 e. The SMILES string of the molecule is CCN1C(=O)C(C)(C(=O)NCc2ccncc2)Sc2ccccc21. The molecule has 0 saturated heterocycles. The van der Waals surface area contributed by atoms with Gasteiger partial charge in [-0.2, -0.15) is 0 Å². The quantitative estimate of drug-likeness (QED) is 0.869. The molecule has 2 heterocycles. The molecule has 124 valence electrons. The lowest BCUT2D eigenvalue weighted by Crippen LogP contribution is -2.56. The monoisotopic (exact) mass is 341 g/mol. The summed E-state index contributed by atoms with van der Waals surface area (Å²) in [6, 6.07) is 11.4. The second-order valence-corrected chi connectivity index (χ2v) is 7.15. The van der Waals surface area contributed by atoms with Crippen LogP contribution < -0.4 is 10.2 Å². The third kappa shape index (κ3) is 2.89. The van der Waals surface area contributed by atoms with E-state index in [2.05, 4.69) is 10.3 Å². The summed E-state index contributed by atoms with van der Waals surface area (Å²) in [7, 11) is 0. The van der Waals surface area contributed by atoms with Crippen LogP contribution in [0.2, 0.25) is 0 Å². The molecule has 3 rings (SSSR count). The Morgan fingerprint density at radius 1 is 1.25 bits per heavy atom. The zero-order valence-electron chi connectivity index (χ0n) is 13.7. The first-order valence-corrected chi connectivity index (χ1v) is 8.65. The molecule has 5 nitrogen and oxygen atoms in total. The molecule has 6 heteroatoms. The highest BCUT2D eigenvalue weighted by Gasteiger charge is 2.48. The van der Waals surface area contributed by atoms with Crippen LogP contribution in [0.25, 0.3) is 0 Å². The lowest BCUT2D eigenvalue weighted by molar-refractivity contribution is -0.131. The first kappa shape index (κ1) is 16.5. The van der Waals surface area contributed by atoms with E-state index in [0.29, 0.717) is 13.1 Å². The number of aromatic nitrogens is 1. The van der Waals surface area contributed by atoms with E-state index < -0.39 is 4.75 Å². The smallest absolute Gasteiger partial charge is 0.252 e. The van der Waals surface area contributed by atoms with Crippen LogP contribution in [0.15, 0.2) is 53.7 Å². The highest BCUT2D eigenvalue weighted by Crippen LogP contribution is 2.45. The van der Waals surface area contributed by atoms with Crippen molar-refractivity contribution < 1.29 is 9.59 Å². The number of nitrogens with one attached hydrogen (secondary N) is 1. The van der Waals surface area contributed by atoms with E-state index in [-0.39, 0.29) is 11.8 Å².